The SMILES string of the molecule is C=CC(C)CCC1=CC(O)C(C)C(C)C1S. The number of hydrogen-bond acceptors (Lipinski definition) is 2. The fraction of sp³-hybridized carbons (Fsp3) is 0.714. The van der Waals surface area contributed by atoms with E-state index in [1.807, 2.05) is 12.2 Å². The molecule has 0 aromatic heterocycles. The summed E-state index contributed by atoms with van der Waals surface area (Å²) in [7, 11) is 0. The Balaban J connectivity index is 2.64. The Labute approximate surface area is 105 Å². The minimum absolute atomic E-state index is 0.299. The van der Waals surface area contributed by atoms with Gasteiger partial charge in [0.1, 0.15) is 0 Å². The molecule has 0 saturated carbocycles. The minimum Gasteiger partial charge on any atom is -0.389 e. The highest BCUT2D eigenvalue weighted by Gasteiger charge is 2.31. The molecule has 5 unspecified atom stereocenters. The number of aliphatic hydroxyl groups is 1. The summed E-state index contributed by atoms with van der Waals surface area (Å²) < 4.78 is 0. The number of allylic oxidation sites excluding steroid dienone is 1. The van der Waals surface area contributed by atoms with E-state index in [4.69, 9.17) is 0 Å². The number of aliphatic hydroxyl groups excluding tert-OH is 1. The third-order valence-electron chi connectivity index (χ3n) is 3.92. The molecule has 0 radical (unpaired) electrons. The van der Waals surface area contributed by atoms with Gasteiger partial charge in [0.2, 0.25) is 0 Å². The van der Waals surface area contributed by atoms with Gasteiger partial charge in [0.25, 0.3) is 0 Å². The summed E-state index contributed by atoms with van der Waals surface area (Å²) in [5, 5.41) is 10.2. The lowest BCUT2D eigenvalue weighted by atomic mass is 9.78. The first-order valence-corrected chi connectivity index (χ1v) is 6.68. The second-order valence-corrected chi connectivity index (χ2v) is 5.70. The lowest BCUT2D eigenvalue weighted by Gasteiger charge is -2.35. The first-order chi connectivity index (χ1) is 7.47. The summed E-state index contributed by atoms with van der Waals surface area (Å²) in [5.74, 6) is 1.29. The van der Waals surface area contributed by atoms with Gasteiger partial charge in [-0.3, -0.25) is 0 Å². The van der Waals surface area contributed by atoms with Crippen molar-refractivity contribution in [3.05, 3.63) is 24.3 Å². The molecule has 0 spiro atoms. The van der Waals surface area contributed by atoms with Crippen molar-refractivity contribution in [2.75, 3.05) is 0 Å². The van der Waals surface area contributed by atoms with Gasteiger partial charge < -0.3 is 5.11 Å². The van der Waals surface area contributed by atoms with E-state index >= 15 is 0 Å². The molecule has 0 amide bonds. The topological polar surface area (TPSA) is 20.2 Å². The summed E-state index contributed by atoms with van der Waals surface area (Å²) in [5.41, 5.74) is 1.30. The molecule has 5 atom stereocenters. The smallest absolute Gasteiger partial charge is 0.0752 e. The first-order valence-electron chi connectivity index (χ1n) is 6.16. The Morgan fingerprint density at radius 3 is 2.69 bits per heavy atom. The molecule has 0 aromatic carbocycles. The van der Waals surface area contributed by atoms with Crippen LogP contribution in [-0.2, 0) is 0 Å². The van der Waals surface area contributed by atoms with E-state index in [0.717, 1.165) is 12.8 Å². The molecule has 0 saturated heterocycles. The van der Waals surface area contributed by atoms with Crippen molar-refractivity contribution in [2.45, 2.75) is 45.0 Å². The third kappa shape index (κ3) is 3.14. The lowest BCUT2D eigenvalue weighted by Crippen LogP contribution is -2.34. The van der Waals surface area contributed by atoms with Gasteiger partial charge in [0.05, 0.1) is 6.10 Å². The average molecular weight is 240 g/mol. The van der Waals surface area contributed by atoms with Crippen LogP contribution >= 0.6 is 12.6 Å². The van der Waals surface area contributed by atoms with Crippen LogP contribution in [0.3, 0.4) is 0 Å². The zero-order valence-corrected chi connectivity index (χ0v) is 11.5. The van der Waals surface area contributed by atoms with Gasteiger partial charge in [-0.1, -0.05) is 38.5 Å². The van der Waals surface area contributed by atoms with E-state index in [0.29, 0.717) is 23.0 Å². The number of hydrogen-bond donors (Lipinski definition) is 2. The fourth-order valence-electron chi connectivity index (χ4n) is 2.15. The zero-order chi connectivity index (χ0) is 12.3. The average Bonchev–Trinajstić information content (AvgIpc) is 2.28. The first kappa shape index (κ1) is 13.9. The van der Waals surface area contributed by atoms with Crippen LogP contribution in [0.4, 0.5) is 0 Å². The Bertz CT molecular complexity index is 272. The van der Waals surface area contributed by atoms with Crippen LogP contribution in [-0.4, -0.2) is 16.5 Å². The van der Waals surface area contributed by atoms with Gasteiger partial charge in [0.15, 0.2) is 0 Å². The molecule has 1 aliphatic carbocycles. The molecular weight excluding hydrogens is 216 g/mol. The molecule has 0 aromatic rings. The zero-order valence-electron chi connectivity index (χ0n) is 10.6. The van der Waals surface area contributed by atoms with Crippen molar-refractivity contribution >= 4 is 12.6 Å². The summed E-state index contributed by atoms with van der Waals surface area (Å²) in [6.07, 6.45) is 5.82. The highest BCUT2D eigenvalue weighted by Crippen LogP contribution is 2.35. The van der Waals surface area contributed by atoms with Gasteiger partial charge in [-0.25, -0.2) is 0 Å². The molecule has 1 rings (SSSR count). The van der Waals surface area contributed by atoms with Crippen LogP contribution in [0.15, 0.2) is 24.3 Å². The van der Waals surface area contributed by atoms with Crippen LogP contribution in [0.25, 0.3) is 0 Å². The lowest BCUT2D eigenvalue weighted by molar-refractivity contribution is 0.119. The van der Waals surface area contributed by atoms with Crippen molar-refractivity contribution in [1.82, 2.24) is 0 Å². The Kier molecular flexibility index (Phi) is 5.13. The molecule has 0 aliphatic heterocycles. The number of rotatable bonds is 4. The van der Waals surface area contributed by atoms with Gasteiger partial charge in [-0.05, 0) is 30.6 Å². The predicted octanol–water partition coefficient (Wildman–Crippen LogP) is 3.46. The van der Waals surface area contributed by atoms with Gasteiger partial charge >= 0.3 is 0 Å². The van der Waals surface area contributed by atoms with Crippen LogP contribution in [0.1, 0.15) is 33.6 Å². The third-order valence-corrected chi connectivity index (χ3v) is 4.72. The maximum Gasteiger partial charge on any atom is 0.0752 e. The van der Waals surface area contributed by atoms with Crippen molar-refractivity contribution in [3.8, 4) is 0 Å². The maximum absolute atomic E-state index is 9.93. The van der Waals surface area contributed by atoms with Crippen molar-refractivity contribution in [2.24, 2.45) is 17.8 Å². The molecule has 0 fully saturated rings. The van der Waals surface area contributed by atoms with E-state index in [9.17, 15) is 5.11 Å². The van der Waals surface area contributed by atoms with Crippen LogP contribution in [0, 0.1) is 17.8 Å². The molecule has 1 N–H and O–H groups in total. The summed E-state index contributed by atoms with van der Waals surface area (Å²) in [6.45, 7) is 10.2. The molecule has 1 aliphatic rings. The van der Waals surface area contributed by atoms with Gasteiger partial charge in [-0.2, -0.15) is 12.6 Å². The molecule has 92 valence electrons. The number of thiol groups is 1. The van der Waals surface area contributed by atoms with E-state index < -0.39 is 0 Å². The fourth-order valence-corrected chi connectivity index (χ4v) is 2.64. The summed E-state index contributed by atoms with van der Waals surface area (Å²) in [6, 6.07) is 0. The Hall–Kier alpha value is -0.210. The van der Waals surface area contributed by atoms with E-state index in [1.54, 1.807) is 0 Å². The molecule has 16 heavy (non-hydrogen) atoms. The van der Waals surface area contributed by atoms with Crippen LogP contribution in [0.2, 0.25) is 0 Å². The Morgan fingerprint density at radius 1 is 1.50 bits per heavy atom. The molecule has 0 heterocycles. The largest absolute Gasteiger partial charge is 0.389 e. The van der Waals surface area contributed by atoms with E-state index in [2.05, 4.69) is 40.0 Å². The normalized spacial score (nSPS) is 36.7. The van der Waals surface area contributed by atoms with Crippen molar-refractivity contribution in [3.63, 3.8) is 0 Å². The maximum atomic E-state index is 9.93. The summed E-state index contributed by atoms with van der Waals surface area (Å²) in [4.78, 5) is 0. The molecule has 2 heteroatoms. The second kappa shape index (κ2) is 5.92. The monoisotopic (exact) mass is 240 g/mol. The predicted molar refractivity (Wildman–Crippen MR) is 73.8 cm³/mol. The highest BCUT2D eigenvalue weighted by molar-refractivity contribution is 7.81. The van der Waals surface area contributed by atoms with Crippen molar-refractivity contribution in [1.29, 1.82) is 0 Å². The minimum atomic E-state index is -0.299. The van der Waals surface area contributed by atoms with Crippen LogP contribution in [0.5, 0.6) is 0 Å². The quantitative estimate of drug-likeness (QED) is 0.569. The van der Waals surface area contributed by atoms with E-state index in [1.165, 1.54) is 5.57 Å². The standard InChI is InChI=1S/C14H24OS/c1-5-9(2)6-7-12-8-13(15)10(3)11(4)14(12)16/h5,8-11,13-16H,1,6-7H2,2-4H3. The van der Waals surface area contributed by atoms with Gasteiger partial charge in [0, 0.05) is 5.25 Å². The highest BCUT2D eigenvalue weighted by atomic mass is 32.1. The van der Waals surface area contributed by atoms with E-state index in [-0.39, 0.29) is 6.10 Å². The van der Waals surface area contributed by atoms with Gasteiger partial charge in [-0.15, -0.1) is 6.58 Å². The van der Waals surface area contributed by atoms with Crippen LogP contribution < -0.4 is 0 Å². The second-order valence-electron chi connectivity index (χ2n) is 5.15. The molecule has 0 bridgehead atoms. The summed E-state index contributed by atoms with van der Waals surface area (Å²) >= 11 is 4.68. The molecule has 1 nitrogen and oxygen atoms in total. The Morgan fingerprint density at radius 2 is 2.12 bits per heavy atom. The molecular formula is C14H24OS. The van der Waals surface area contributed by atoms with Crippen molar-refractivity contribution < 1.29 is 5.11 Å².